The van der Waals surface area contributed by atoms with Crippen LogP contribution in [0.3, 0.4) is 0 Å². The number of rotatable bonds is 1. The van der Waals surface area contributed by atoms with Gasteiger partial charge in [0.05, 0.1) is 5.41 Å². The first kappa shape index (κ1) is 7.84. The molecule has 4 bridgehead atoms. The standard InChI is InChI=1S/C11H16O2/c12-10(13)11-4-7-1-8(5-11)3-9(2-7)6-11/h7-9H,1-6H2,(H,12,13)/i10-1. The normalized spacial score (nSPS) is 52.5. The quantitative estimate of drug-likeness (QED) is 0.670. The highest BCUT2D eigenvalue weighted by Crippen LogP contribution is 2.59. The number of aliphatic carboxylic acids is 1. The molecule has 4 fully saturated rings. The average molecular weight is 179 g/mol. The van der Waals surface area contributed by atoms with E-state index in [1.165, 1.54) is 19.3 Å². The highest BCUT2D eigenvalue weighted by Gasteiger charge is 2.54. The lowest BCUT2D eigenvalue weighted by Crippen LogP contribution is -2.49. The number of carbonyl (C=O) groups is 1. The average Bonchev–Trinajstić information content (AvgIpc) is 2.00. The first-order valence-electron chi connectivity index (χ1n) is 5.41. The van der Waals surface area contributed by atoms with Crippen LogP contribution < -0.4 is 0 Å². The molecule has 4 aliphatic rings. The molecular weight excluding hydrogens is 163 g/mol. The first-order chi connectivity index (χ1) is 6.18. The molecule has 0 aromatic rings. The summed E-state index contributed by atoms with van der Waals surface area (Å²) < 4.78 is 0. The topological polar surface area (TPSA) is 37.3 Å². The largest absolute Gasteiger partial charge is 0.481 e. The van der Waals surface area contributed by atoms with Crippen LogP contribution in [0, 0.1) is 23.2 Å². The minimum absolute atomic E-state index is 0.283. The van der Waals surface area contributed by atoms with Gasteiger partial charge in [0.15, 0.2) is 0 Å². The maximum Gasteiger partial charge on any atom is 0.309 e. The number of carboxylic acid groups (broad SMARTS) is 1. The van der Waals surface area contributed by atoms with E-state index in [0.29, 0.717) is 0 Å². The highest BCUT2D eigenvalue weighted by atomic mass is 16.3. The molecule has 72 valence electrons. The van der Waals surface area contributed by atoms with E-state index in [0.717, 1.165) is 37.0 Å². The molecule has 0 amide bonds. The number of carboxylic acids is 1. The van der Waals surface area contributed by atoms with E-state index in [9.17, 15) is 9.90 Å². The van der Waals surface area contributed by atoms with Gasteiger partial charge in [0, 0.05) is 0 Å². The lowest BCUT2D eigenvalue weighted by molar-refractivity contribution is -0.164. The van der Waals surface area contributed by atoms with Crippen LogP contribution in [-0.2, 0) is 4.79 Å². The van der Waals surface area contributed by atoms with E-state index in [4.69, 9.17) is 0 Å². The molecule has 0 heterocycles. The molecule has 4 aliphatic carbocycles. The lowest BCUT2D eigenvalue weighted by atomic mass is 9.43. The molecule has 2 heteroatoms. The van der Waals surface area contributed by atoms with Crippen LogP contribution in [0.5, 0.6) is 0 Å². The van der Waals surface area contributed by atoms with Crippen molar-refractivity contribution in [1.29, 1.82) is 0 Å². The molecule has 0 atom stereocenters. The molecule has 0 spiro atoms. The van der Waals surface area contributed by atoms with Crippen LogP contribution in [0.15, 0.2) is 0 Å². The van der Waals surface area contributed by atoms with Gasteiger partial charge in [-0.3, -0.25) is 4.79 Å². The molecule has 13 heavy (non-hydrogen) atoms. The fraction of sp³-hybridized carbons (Fsp3) is 0.909. The maximum absolute atomic E-state index is 11.3. The van der Waals surface area contributed by atoms with Crippen LogP contribution in [0.2, 0.25) is 0 Å². The summed E-state index contributed by atoms with van der Waals surface area (Å²) in [4.78, 5) is 11.3. The number of hydrogen-bond donors (Lipinski definition) is 1. The van der Waals surface area contributed by atoms with E-state index >= 15 is 0 Å². The van der Waals surface area contributed by atoms with Gasteiger partial charge in [0.25, 0.3) is 0 Å². The zero-order valence-electron chi connectivity index (χ0n) is 7.83. The van der Waals surface area contributed by atoms with Gasteiger partial charge in [-0.1, -0.05) is 0 Å². The molecule has 4 rings (SSSR count). The van der Waals surface area contributed by atoms with E-state index in [1.807, 2.05) is 0 Å². The van der Waals surface area contributed by atoms with Gasteiger partial charge >= 0.3 is 5.97 Å². The Morgan fingerprint density at radius 1 is 1.00 bits per heavy atom. The SMILES string of the molecule is O=[11C](O)C12CC3CC(CC(C3)C1)C2. The van der Waals surface area contributed by atoms with Crippen LogP contribution in [-0.4, -0.2) is 11.1 Å². The summed E-state index contributed by atoms with van der Waals surface area (Å²) in [6, 6.07) is 0. The van der Waals surface area contributed by atoms with Crippen molar-refractivity contribution in [2.75, 3.05) is 0 Å². The van der Waals surface area contributed by atoms with Crippen molar-refractivity contribution in [2.45, 2.75) is 38.5 Å². The lowest BCUT2D eigenvalue weighted by Gasteiger charge is -2.54. The van der Waals surface area contributed by atoms with E-state index in [1.54, 1.807) is 0 Å². The Labute approximate surface area is 78.3 Å². The molecule has 0 unspecified atom stereocenters. The van der Waals surface area contributed by atoms with E-state index < -0.39 is 5.97 Å². The van der Waals surface area contributed by atoms with E-state index in [-0.39, 0.29) is 5.41 Å². The second-order valence-electron chi connectivity index (χ2n) is 5.50. The van der Waals surface area contributed by atoms with Crippen molar-refractivity contribution in [3.8, 4) is 0 Å². The summed E-state index contributed by atoms with van der Waals surface area (Å²) in [5.41, 5.74) is -0.283. The van der Waals surface area contributed by atoms with Crippen molar-refractivity contribution in [1.82, 2.24) is 0 Å². The van der Waals surface area contributed by atoms with Gasteiger partial charge in [-0.05, 0) is 56.3 Å². The first-order valence-corrected chi connectivity index (χ1v) is 5.41. The number of hydrogen-bond acceptors (Lipinski definition) is 1. The van der Waals surface area contributed by atoms with Crippen molar-refractivity contribution in [3.63, 3.8) is 0 Å². The van der Waals surface area contributed by atoms with Gasteiger partial charge in [-0.2, -0.15) is 0 Å². The van der Waals surface area contributed by atoms with Crippen LogP contribution in [0.25, 0.3) is 0 Å². The van der Waals surface area contributed by atoms with Gasteiger partial charge < -0.3 is 5.11 Å². The van der Waals surface area contributed by atoms with Gasteiger partial charge in [0.1, 0.15) is 0 Å². The summed E-state index contributed by atoms with van der Waals surface area (Å²) in [6.07, 6.45) is 6.92. The zero-order chi connectivity index (χ0) is 9.05. The minimum Gasteiger partial charge on any atom is -0.481 e. The summed E-state index contributed by atoms with van der Waals surface area (Å²) in [5.74, 6) is 1.75. The van der Waals surface area contributed by atoms with Crippen LogP contribution >= 0.6 is 0 Å². The molecule has 0 radical (unpaired) electrons. The Morgan fingerprint density at radius 2 is 1.38 bits per heavy atom. The van der Waals surface area contributed by atoms with Crippen molar-refractivity contribution < 1.29 is 9.90 Å². The van der Waals surface area contributed by atoms with E-state index in [2.05, 4.69) is 0 Å². The van der Waals surface area contributed by atoms with Crippen molar-refractivity contribution in [2.24, 2.45) is 23.2 Å². The van der Waals surface area contributed by atoms with Crippen LogP contribution in [0.4, 0.5) is 0 Å². The smallest absolute Gasteiger partial charge is 0.309 e. The fourth-order valence-electron chi connectivity index (χ4n) is 4.37. The Hall–Kier alpha value is -0.530. The Kier molecular flexibility index (Phi) is 1.38. The molecule has 0 aromatic carbocycles. The van der Waals surface area contributed by atoms with Crippen molar-refractivity contribution in [3.05, 3.63) is 0 Å². The van der Waals surface area contributed by atoms with Crippen molar-refractivity contribution >= 4 is 5.97 Å². The molecular formula is C11H16O2. The molecule has 0 aromatic heterocycles. The summed E-state index contributed by atoms with van der Waals surface area (Å²) in [7, 11) is 0. The minimum atomic E-state index is -0.508. The van der Waals surface area contributed by atoms with Gasteiger partial charge in [-0.25, -0.2) is 0 Å². The van der Waals surface area contributed by atoms with Gasteiger partial charge in [-0.15, -0.1) is 0 Å². The van der Waals surface area contributed by atoms with Gasteiger partial charge in [0.2, 0.25) is 0 Å². The monoisotopic (exact) mass is 179 g/mol. The summed E-state index contributed by atoms with van der Waals surface area (Å²) in [5, 5.41) is 9.28. The third-order valence-electron chi connectivity index (χ3n) is 4.49. The molecule has 0 saturated heterocycles. The zero-order valence-corrected chi connectivity index (χ0v) is 7.83. The third kappa shape index (κ3) is 0.976. The van der Waals surface area contributed by atoms with Crippen LogP contribution in [0.1, 0.15) is 38.5 Å². The fourth-order valence-corrected chi connectivity index (χ4v) is 4.37. The molecule has 1 N–H and O–H groups in total. The predicted molar refractivity (Wildman–Crippen MR) is 48.2 cm³/mol. The Balaban J connectivity index is 1.95. The second-order valence-corrected chi connectivity index (χ2v) is 5.50. The Morgan fingerprint density at radius 3 is 1.69 bits per heavy atom. The summed E-state index contributed by atoms with van der Waals surface area (Å²) in [6.45, 7) is 0. The summed E-state index contributed by atoms with van der Waals surface area (Å²) >= 11 is 0. The molecule has 4 saturated carbocycles. The second kappa shape index (κ2) is 2.28. The maximum atomic E-state index is 11.3. The third-order valence-corrected chi connectivity index (χ3v) is 4.49. The predicted octanol–water partition coefficient (Wildman–Crippen LogP) is 2.29. The molecule has 2 nitrogen and oxygen atoms in total. The highest BCUT2D eigenvalue weighted by molar-refractivity contribution is 5.75. The Bertz CT molecular complexity index is 222. The molecule has 0 aliphatic heterocycles.